The van der Waals surface area contributed by atoms with E-state index < -0.39 is 5.54 Å². The number of carbonyl (C=O) groups excluding carboxylic acids is 2. The summed E-state index contributed by atoms with van der Waals surface area (Å²) in [6.45, 7) is 2.86. The van der Waals surface area contributed by atoms with Crippen LogP contribution in [0.5, 0.6) is 0 Å². The van der Waals surface area contributed by atoms with Crippen molar-refractivity contribution < 1.29 is 18.7 Å². The second-order valence-electron chi connectivity index (χ2n) is 6.85. The minimum Gasteiger partial charge on any atom is -0.466 e. The first-order chi connectivity index (χ1) is 11.5. The van der Waals surface area contributed by atoms with Gasteiger partial charge in [-0.25, -0.2) is 4.39 Å². The molecule has 1 spiro atoms. The third kappa shape index (κ3) is 1.83. The number of nitrogens with zero attached hydrogens (tertiary/aromatic N) is 2. The van der Waals surface area contributed by atoms with Gasteiger partial charge in [-0.05, 0) is 50.9 Å². The second-order valence-corrected chi connectivity index (χ2v) is 6.85. The van der Waals surface area contributed by atoms with E-state index in [1.165, 1.54) is 12.1 Å². The molecule has 1 aromatic rings. The van der Waals surface area contributed by atoms with Gasteiger partial charge in [-0.2, -0.15) is 0 Å². The molecule has 0 bridgehead atoms. The van der Waals surface area contributed by atoms with Crippen LogP contribution in [-0.2, 0) is 19.9 Å². The second kappa shape index (κ2) is 5.28. The molecule has 3 heterocycles. The molecule has 3 aliphatic rings. The zero-order valence-electron chi connectivity index (χ0n) is 13.9. The van der Waals surface area contributed by atoms with E-state index in [1.54, 1.807) is 24.9 Å². The van der Waals surface area contributed by atoms with Gasteiger partial charge in [0.15, 0.2) is 0 Å². The lowest BCUT2D eigenvalue weighted by Crippen LogP contribution is -2.49. The standard InChI is InChI=1S/C18H21FN2O3/c1-3-24-16(22)12-10-18(21-8-4-5-14(12)21)13-9-11(19)6-7-15(13)20(2)17(18)23/h6-7,9,12,14H,3-5,8,10H2,1-2H3/t12-,14+,18-/m0/s1. The van der Waals surface area contributed by atoms with E-state index in [4.69, 9.17) is 4.74 Å². The summed E-state index contributed by atoms with van der Waals surface area (Å²) in [6.07, 6.45) is 2.17. The van der Waals surface area contributed by atoms with Crippen LogP contribution in [0.25, 0.3) is 0 Å². The topological polar surface area (TPSA) is 49.9 Å². The van der Waals surface area contributed by atoms with Crippen LogP contribution in [0.2, 0.25) is 0 Å². The van der Waals surface area contributed by atoms with Crippen molar-refractivity contribution >= 4 is 17.6 Å². The maximum atomic E-state index is 13.9. The predicted molar refractivity (Wildman–Crippen MR) is 86.0 cm³/mol. The number of amides is 1. The number of hydrogen-bond donors (Lipinski definition) is 0. The molecule has 0 N–H and O–H groups in total. The molecule has 0 aromatic heterocycles. The number of likely N-dealkylation sites (N-methyl/N-ethyl adjacent to an activating group) is 1. The molecule has 0 unspecified atom stereocenters. The molecule has 1 aromatic carbocycles. The Kier molecular flexibility index (Phi) is 3.42. The number of esters is 1. The van der Waals surface area contributed by atoms with Crippen molar-refractivity contribution in [1.29, 1.82) is 0 Å². The molecule has 24 heavy (non-hydrogen) atoms. The van der Waals surface area contributed by atoms with Crippen LogP contribution in [0.15, 0.2) is 18.2 Å². The molecule has 4 rings (SSSR count). The minimum absolute atomic E-state index is 0.00406. The molecule has 0 saturated carbocycles. The average molecular weight is 332 g/mol. The molecule has 5 nitrogen and oxygen atoms in total. The highest BCUT2D eigenvalue weighted by Crippen LogP contribution is 2.55. The SMILES string of the molecule is CCOC(=O)[C@H]1C[C@]2(C(=O)N(C)c3ccc(F)cc32)N2CCC[C@H]12. The number of carbonyl (C=O) groups is 2. The zero-order chi connectivity index (χ0) is 17.1. The van der Waals surface area contributed by atoms with Gasteiger partial charge in [-0.15, -0.1) is 0 Å². The Morgan fingerprint density at radius 3 is 3.00 bits per heavy atom. The highest BCUT2D eigenvalue weighted by Gasteiger charge is 2.64. The monoisotopic (exact) mass is 332 g/mol. The van der Waals surface area contributed by atoms with Gasteiger partial charge in [0, 0.05) is 24.3 Å². The number of anilines is 1. The summed E-state index contributed by atoms with van der Waals surface area (Å²) in [6, 6.07) is 4.48. The summed E-state index contributed by atoms with van der Waals surface area (Å²) in [4.78, 5) is 29.3. The molecule has 3 aliphatic heterocycles. The summed E-state index contributed by atoms with van der Waals surface area (Å²) >= 11 is 0. The average Bonchev–Trinajstić information content (AvgIpc) is 3.19. The van der Waals surface area contributed by atoms with Crippen LogP contribution in [-0.4, -0.2) is 43.0 Å². The number of ether oxygens (including phenoxy) is 1. The molecule has 3 atom stereocenters. The van der Waals surface area contributed by atoms with Crippen LogP contribution in [0.1, 0.15) is 31.7 Å². The van der Waals surface area contributed by atoms with Gasteiger partial charge in [-0.3, -0.25) is 14.5 Å². The lowest BCUT2D eigenvalue weighted by atomic mass is 9.84. The fourth-order valence-corrected chi connectivity index (χ4v) is 4.85. The van der Waals surface area contributed by atoms with E-state index >= 15 is 0 Å². The Morgan fingerprint density at radius 1 is 1.46 bits per heavy atom. The van der Waals surface area contributed by atoms with E-state index in [2.05, 4.69) is 4.90 Å². The third-order valence-corrected chi connectivity index (χ3v) is 5.78. The van der Waals surface area contributed by atoms with Crippen LogP contribution < -0.4 is 4.90 Å². The summed E-state index contributed by atoms with van der Waals surface area (Å²) in [5.41, 5.74) is 0.496. The number of rotatable bonds is 2. The first kappa shape index (κ1) is 15.6. The van der Waals surface area contributed by atoms with Crippen molar-refractivity contribution in [1.82, 2.24) is 4.90 Å². The van der Waals surface area contributed by atoms with Gasteiger partial charge in [0.2, 0.25) is 0 Å². The van der Waals surface area contributed by atoms with Crippen molar-refractivity contribution in [3.8, 4) is 0 Å². The predicted octanol–water partition coefficient (Wildman–Crippen LogP) is 2.04. The first-order valence-electron chi connectivity index (χ1n) is 8.52. The van der Waals surface area contributed by atoms with Gasteiger partial charge >= 0.3 is 5.97 Å². The molecular weight excluding hydrogens is 311 g/mol. The third-order valence-electron chi connectivity index (χ3n) is 5.78. The molecule has 128 valence electrons. The van der Waals surface area contributed by atoms with Gasteiger partial charge in [-0.1, -0.05) is 0 Å². The number of hydrogen-bond acceptors (Lipinski definition) is 4. The largest absolute Gasteiger partial charge is 0.466 e. The van der Waals surface area contributed by atoms with E-state index in [0.717, 1.165) is 25.1 Å². The summed E-state index contributed by atoms with van der Waals surface area (Å²) in [5, 5.41) is 0. The van der Waals surface area contributed by atoms with Gasteiger partial charge in [0.1, 0.15) is 11.4 Å². The Morgan fingerprint density at radius 2 is 2.25 bits per heavy atom. The molecule has 2 saturated heterocycles. The lowest BCUT2D eigenvalue weighted by Gasteiger charge is -2.33. The van der Waals surface area contributed by atoms with Gasteiger partial charge in [0.05, 0.1) is 12.5 Å². The molecule has 2 fully saturated rings. The Labute approximate surface area is 140 Å². The Hall–Kier alpha value is -1.95. The van der Waals surface area contributed by atoms with Gasteiger partial charge in [0.25, 0.3) is 5.91 Å². The maximum absolute atomic E-state index is 13.9. The van der Waals surface area contributed by atoms with E-state index in [0.29, 0.717) is 18.6 Å². The van der Waals surface area contributed by atoms with Crippen molar-refractivity contribution in [2.75, 3.05) is 25.1 Å². The van der Waals surface area contributed by atoms with E-state index in [9.17, 15) is 14.0 Å². The van der Waals surface area contributed by atoms with E-state index in [1.807, 2.05) is 0 Å². The fourth-order valence-electron chi connectivity index (χ4n) is 4.85. The Balaban J connectivity index is 1.84. The minimum atomic E-state index is -0.926. The normalized spacial score (nSPS) is 31.6. The quantitative estimate of drug-likeness (QED) is 0.778. The molecule has 1 amide bonds. The Bertz CT molecular complexity index is 722. The highest BCUT2D eigenvalue weighted by atomic mass is 19.1. The van der Waals surface area contributed by atoms with Crippen molar-refractivity contribution in [2.24, 2.45) is 5.92 Å². The van der Waals surface area contributed by atoms with Crippen molar-refractivity contribution in [2.45, 2.75) is 37.8 Å². The van der Waals surface area contributed by atoms with Crippen LogP contribution >= 0.6 is 0 Å². The summed E-state index contributed by atoms with van der Waals surface area (Å²) in [5.74, 6) is -1.00. The molecular formula is C18H21FN2O3. The first-order valence-corrected chi connectivity index (χ1v) is 8.52. The highest BCUT2D eigenvalue weighted by molar-refractivity contribution is 6.08. The van der Waals surface area contributed by atoms with Crippen LogP contribution in [0.3, 0.4) is 0 Å². The lowest BCUT2D eigenvalue weighted by molar-refractivity contribution is -0.148. The van der Waals surface area contributed by atoms with Gasteiger partial charge < -0.3 is 9.64 Å². The summed E-state index contributed by atoms with van der Waals surface area (Å²) < 4.78 is 19.2. The van der Waals surface area contributed by atoms with Crippen LogP contribution in [0.4, 0.5) is 10.1 Å². The van der Waals surface area contributed by atoms with E-state index in [-0.39, 0.29) is 29.7 Å². The number of benzene rings is 1. The number of fused-ring (bicyclic) bond motifs is 4. The van der Waals surface area contributed by atoms with Crippen LogP contribution in [0, 0.1) is 11.7 Å². The molecule has 6 heteroatoms. The van der Waals surface area contributed by atoms with Crippen molar-refractivity contribution in [3.05, 3.63) is 29.6 Å². The van der Waals surface area contributed by atoms with Crippen molar-refractivity contribution in [3.63, 3.8) is 0 Å². The molecule has 0 aliphatic carbocycles. The zero-order valence-corrected chi connectivity index (χ0v) is 13.9. The smallest absolute Gasteiger partial charge is 0.310 e. The molecule has 0 radical (unpaired) electrons. The fraction of sp³-hybridized carbons (Fsp3) is 0.556. The summed E-state index contributed by atoms with van der Waals surface area (Å²) in [7, 11) is 1.72. The maximum Gasteiger partial charge on any atom is 0.310 e. The number of halogens is 1.